The van der Waals surface area contributed by atoms with Crippen molar-refractivity contribution in [2.45, 2.75) is 83.3 Å². The van der Waals surface area contributed by atoms with Gasteiger partial charge in [0, 0.05) is 0 Å². The normalized spacial score (nSPS) is 30.2. The van der Waals surface area contributed by atoms with Crippen LogP contribution >= 0.6 is 0 Å². The number of carbonyl (C=O) groups excluding carboxylic acids is 2. The first-order valence-corrected chi connectivity index (χ1v) is 9.51. The van der Waals surface area contributed by atoms with Gasteiger partial charge in [-0.1, -0.05) is 27.7 Å². The molecule has 10 heteroatoms. The smallest absolute Gasteiger partial charge is 0.323 e. The SMILES string of the molecule is CC(C)C[C@H](N)C(=O)OC[C@H]1OC(O)[C@H](OC(=O)[C@@H](N)CC(C)C)[C@@H](O)[C@@H]1O. The number of aliphatic hydroxyl groups is 3. The summed E-state index contributed by atoms with van der Waals surface area (Å²) in [5, 5.41) is 30.5. The number of hydrogen-bond acceptors (Lipinski definition) is 10. The van der Waals surface area contributed by atoms with E-state index in [1.165, 1.54) is 0 Å². The van der Waals surface area contributed by atoms with Crippen LogP contribution in [-0.2, 0) is 23.8 Å². The van der Waals surface area contributed by atoms with Crippen molar-refractivity contribution in [1.29, 1.82) is 0 Å². The molecular weight excluding hydrogens is 372 g/mol. The summed E-state index contributed by atoms with van der Waals surface area (Å²) in [6.07, 6.45) is -6.87. The van der Waals surface area contributed by atoms with Gasteiger partial charge in [-0.2, -0.15) is 0 Å². The second-order valence-electron chi connectivity index (χ2n) is 8.05. The largest absolute Gasteiger partial charge is 0.462 e. The summed E-state index contributed by atoms with van der Waals surface area (Å²) in [5.41, 5.74) is 11.4. The van der Waals surface area contributed by atoms with Gasteiger partial charge in [-0.25, -0.2) is 0 Å². The van der Waals surface area contributed by atoms with Gasteiger partial charge >= 0.3 is 11.9 Å². The highest BCUT2D eigenvalue weighted by atomic mass is 16.7. The lowest BCUT2D eigenvalue weighted by molar-refractivity contribution is -0.292. The van der Waals surface area contributed by atoms with Crippen molar-refractivity contribution in [2.75, 3.05) is 6.61 Å². The lowest BCUT2D eigenvalue weighted by atomic mass is 9.98. The Kier molecular flexibility index (Phi) is 9.75. The Hall–Kier alpha value is -1.30. The van der Waals surface area contributed by atoms with Gasteiger partial charge in [0.1, 0.15) is 37.0 Å². The number of ether oxygens (including phenoxy) is 3. The van der Waals surface area contributed by atoms with Crippen LogP contribution in [0.25, 0.3) is 0 Å². The highest BCUT2D eigenvalue weighted by Crippen LogP contribution is 2.23. The molecule has 0 amide bonds. The minimum Gasteiger partial charge on any atom is -0.462 e. The second kappa shape index (κ2) is 11.0. The van der Waals surface area contributed by atoms with Gasteiger partial charge in [-0.05, 0) is 24.7 Å². The van der Waals surface area contributed by atoms with Gasteiger partial charge in [0.25, 0.3) is 0 Å². The molecule has 0 aromatic carbocycles. The maximum absolute atomic E-state index is 12.0. The van der Waals surface area contributed by atoms with E-state index in [1.807, 2.05) is 27.7 Å². The van der Waals surface area contributed by atoms with Gasteiger partial charge in [-0.3, -0.25) is 9.59 Å². The third-order valence-electron chi connectivity index (χ3n) is 4.36. The molecule has 7 atom stereocenters. The Balaban J connectivity index is 2.61. The van der Waals surface area contributed by atoms with Gasteiger partial charge in [0.05, 0.1) is 0 Å². The quantitative estimate of drug-likeness (QED) is 0.287. The first-order valence-electron chi connectivity index (χ1n) is 9.51. The molecule has 164 valence electrons. The van der Waals surface area contributed by atoms with Crippen molar-refractivity contribution in [3.8, 4) is 0 Å². The molecule has 0 spiro atoms. The number of aliphatic hydroxyl groups excluding tert-OH is 3. The van der Waals surface area contributed by atoms with Gasteiger partial charge in [0.15, 0.2) is 12.4 Å². The molecule has 0 bridgehead atoms. The zero-order valence-corrected chi connectivity index (χ0v) is 16.9. The van der Waals surface area contributed by atoms with Crippen LogP contribution in [-0.4, -0.2) is 76.7 Å². The van der Waals surface area contributed by atoms with Crippen LogP contribution in [0.2, 0.25) is 0 Å². The monoisotopic (exact) mass is 406 g/mol. The molecule has 1 unspecified atom stereocenters. The Bertz CT molecular complexity index is 514. The number of hydrogen-bond donors (Lipinski definition) is 5. The van der Waals surface area contributed by atoms with E-state index < -0.39 is 61.3 Å². The molecule has 0 saturated carbocycles. The fourth-order valence-corrected chi connectivity index (χ4v) is 2.89. The average molecular weight is 406 g/mol. The van der Waals surface area contributed by atoms with Crippen LogP contribution in [0, 0.1) is 11.8 Å². The van der Waals surface area contributed by atoms with Crippen LogP contribution in [0.1, 0.15) is 40.5 Å². The molecule has 1 aliphatic rings. The summed E-state index contributed by atoms with van der Waals surface area (Å²) in [4.78, 5) is 23.9. The lowest BCUT2D eigenvalue weighted by Crippen LogP contribution is -2.60. The van der Waals surface area contributed by atoms with Crippen molar-refractivity contribution in [3.63, 3.8) is 0 Å². The standard InChI is InChI=1S/C18H34N2O8/c1-8(2)5-10(19)16(23)26-7-12-13(21)14(22)15(18(25)27-12)28-17(24)11(20)6-9(3)4/h8-15,18,21-22,25H,5-7,19-20H2,1-4H3/t10-,11-,12+,13+,14-,15+,18?/m0/s1. The van der Waals surface area contributed by atoms with Gasteiger partial charge in [0.2, 0.25) is 0 Å². The van der Waals surface area contributed by atoms with E-state index >= 15 is 0 Å². The average Bonchev–Trinajstić information content (AvgIpc) is 2.58. The highest BCUT2D eigenvalue weighted by Gasteiger charge is 2.47. The summed E-state index contributed by atoms with van der Waals surface area (Å²) in [7, 11) is 0. The van der Waals surface area contributed by atoms with Crippen LogP contribution in [0.5, 0.6) is 0 Å². The predicted octanol–water partition coefficient (Wildman–Crippen LogP) is -1.37. The zero-order chi connectivity index (χ0) is 21.6. The van der Waals surface area contributed by atoms with Crippen LogP contribution in [0.3, 0.4) is 0 Å². The number of nitrogens with two attached hydrogens (primary N) is 2. The van der Waals surface area contributed by atoms with Crippen LogP contribution in [0.4, 0.5) is 0 Å². The van der Waals surface area contributed by atoms with E-state index in [9.17, 15) is 24.9 Å². The zero-order valence-electron chi connectivity index (χ0n) is 16.9. The van der Waals surface area contributed by atoms with E-state index in [4.69, 9.17) is 25.7 Å². The fourth-order valence-electron chi connectivity index (χ4n) is 2.89. The minimum atomic E-state index is -1.72. The molecule has 1 fully saturated rings. The molecule has 1 rings (SSSR count). The first-order chi connectivity index (χ1) is 12.9. The lowest BCUT2D eigenvalue weighted by Gasteiger charge is -2.40. The van der Waals surface area contributed by atoms with Gasteiger partial charge in [-0.15, -0.1) is 0 Å². The van der Waals surface area contributed by atoms with Crippen molar-refractivity contribution < 1.29 is 39.1 Å². The minimum absolute atomic E-state index is 0.145. The van der Waals surface area contributed by atoms with Crippen LogP contribution < -0.4 is 11.5 Å². The number of carbonyl (C=O) groups is 2. The Morgan fingerprint density at radius 3 is 1.93 bits per heavy atom. The third kappa shape index (κ3) is 7.26. The molecule has 1 saturated heterocycles. The third-order valence-corrected chi connectivity index (χ3v) is 4.36. The number of esters is 2. The molecule has 1 aliphatic heterocycles. The summed E-state index contributed by atoms with van der Waals surface area (Å²) in [5.74, 6) is -1.16. The van der Waals surface area contributed by atoms with Crippen molar-refractivity contribution in [1.82, 2.24) is 0 Å². The Morgan fingerprint density at radius 2 is 1.43 bits per heavy atom. The van der Waals surface area contributed by atoms with E-state index in [2.05, 4.69) is 0 Å². The van der Waals surface area contributed by atoms with Crippen molar-refractivity contribution in [2.24, 2.45) is 23.3 Å². The Labute approximate surface area is 165 Å². The predicted molar refractivity (Wildman–Crippen MR) is 98.6 cm³/mol. The molecule has 7 N–H and O–H groups in total. The van der Waals surface area contributed by atoms with Crippen LogP contribution in [0.15, 0.2) is 0 Å². The first kappa shape index (κ1) is 24.7. The number of rotatable bonds is 9. The van der Waals surface area contributed by atoms with Gasteiger partial charge < -0.3 is 41.0 Å². The summed E-state index contributed by atoms with van der Waals surface area (Å²) >= 11 is 0. The molecule has 0 aromatic rings. The molecular formula is C18H34N2O8. The molecule has 0 aromatic heterocycles. The van der Waals surface area contributed by atoms with E-state index in [0.29, 0.717) is 12.8 Å². The highest BCUT2D eigenvalue weighted by molar-refractivity contribution is 5.76. The molecule has 10 nitrogen and oxygen atoms in total. The van der Waals surface area contributed by atoms with E-state index in [-0.39, 0.29) is 11.8 Å². The van der Waals surface area contributed by atoms with Crippen molar-refractivity contribution >= 4 is 11.9 Å². The van der Waals surface area contributed by atoms with Crippen molar-refractivity contribution in [3.05, 3.63) is 0 Å². The Morgan fingerprint density at radius 1 is 0.929 bits per heavy atom. The molecule has 1 heterocycles. The fraction of sp³-hybridized carbons (Fsp3) is 0.889. The maximum Gasteiger partial charge on any atom is 0.323 e. The summed E-state index contributed by atoms with van der Waals surface area (Å²) in [6.45, 7) is 7.14. The van der Waals surface area contributed by atoms with E-state index in [0.717, 1.165) is 0 Å². The second-order valence-corrected chi connectivity index (χ2v) is 8.05. The topological polar surface area (TPSA) is 175 Å². The summed E-state index contributed by atoms with van der Waals surface area (Å²) in [6, 6.07) is -1.76. The van der Waals surface area contributed by atoms with E-state index in [1.54, 1.807) is 0 Å². The maximum atomic E-state index is 12.0. The molecule has 28 heavy (non-hydrogen) atoms. The molecule has 0 aliphatic carbocycles. The molecule has 0 radical (unpaired) electrons. The summed E-state index contributed by atoms with van der Waals surface area (Å²) < 4.78 is 15.2.